The molecule has 0 rings (SSSR count). The molecule has 0 amide bonds. The second-order valence-electron chi connectivity index (χ2n) is 0.615. The summed E-state index contributed by atoms with van der Waals surface area (Å²) in [5, 5.41) is 0. The Hall–Kier alpha value is 1.44. The van der Waals surface area contributed by atoms with Crippen molar-refractivity contribution in [1.82, 2.24) is 0 Å². The molecule has 0 fully saturated rings. The Morgan fingerprint density at radius 2 is 1.20 bits per heavy atom. The Bertz CT molecular complexity index is 20.4. The Morgan fingerprint density at radius 1 is 1.20 bits per heavy atom. The minimum absolute atomic E-state index is 0.312. The molecular weight excluding hydrogens is 264 g/mol. The van der Waals surface area contributed by atoms with Gasteiger partial charge in [0.05, 0.1) is 0 Å². The molecule has 0 saturated heterocycles. The van der Waals surface area contributed by atoms with E-state index in [1.54, 1.807) is 0 Å². The molecule has 0 atom stereocenters. The van der Waals surface area contributed by atoms with Gasteiger partial charge in [-0.1, -0.05) is 47.8 Å². The second kappa shape index (κ2) is 1.94. The average molecular weight is 266 g/mol. The van der Waals surface area contributed by atoms with Gasteiger partial charge in [-0.2, -0.15) is 0 Å². The van der Waals surface area contributed by atoms with Crippen molar-refractivity contribution in [3.8, 4) is 0 Å². The molecule has 5 heavy (non-hydrogen) atoms. The third-order valence-corrected chi connectivity index (χ3v) is 0. The Balaban J connectivity index is 3.02. The van der Waals surface area contributed by atoms with Gasteiger partial charge in [0.25, 0.3) is 0 Å². The zero-order chi connectivity index (χ0) is 4.50. The predicted octanol–water partition coefficient (Wildman–Crippen LogP) is 2.66. The molecule has 3 heteroatoms. The second-order valence-corrected chi connectivity index (χ2v) is 7.87. The first kappa shape index (κ1) is 6.44. The summed E-state index contributed by atoms with van der Waals surface area (Å²) >= 11 is 9.29. The number of hydrogen-bond acceptors (Lipinski definition) is 0. The van der Waals surface area contributed by atoms with Crippen molar-refractivity contribution in [2.75, 3.05) is 0 Å². The van der Waals surface area contributed by atoms with Gasteiger partial charge in [-0.25, -0.2) is 0 Å². The van der Waals surface area contributed by atoms with Crippen LogP contribution < -0.4 is 0 Å². The summed E-state index contributed by atoms with van der Waals surface area (Å²) in [6.07, 6.45) is 0. The average Bonchev–Trinajstić information content (AvgIpc) is 0.722. The van der Waals surface area contributed by atoms with Gasteiger partial charge in [-0.05, 0) is 6.92 Å². The summed E-state index contributed by atoms with van der Waals surface area (Å²) in [6, 6.07) is 0. The fraction of sp³-hybridized carbons (Fsp3) is 0.500. The van der Waals surface area contributed by atoms with E-state index < -0.39 is 0 Å². The van der Waals surface area contributed by atoms with Crippen molar-refractivity contribution in [1.29, 1.82) is 0 Å². The Kier molecular flexibility index (Phi) is 2.50. The van der Waals surface area contributed by atoms with Crippen LogP contribution in [0.2, 0.25) is 0 Å². The molecule has 0 N–H and O–H groups in total. The van der Waals surface area contributed by atoms with E-state index >= 15 is 0 Å². The first-order chi connectivity index (χ1) is 2.00. The third-order valence-electron chi connectivity index (χ3n) is 0. The van der Waals surface area contributed by atoms with E-state index in [2.05, 4.69) is 54.7 Å². The van der Waals surface area contributed by atoms with Crippen molar-refractivity contribution in [2.45, 2.75) is 2.14 Å². The van der Waals surface area contributed by atoms with Crippen LogP contribution >= 0.6 is 47.8 Å². The maximum atomic E-state index is 3.52. The highest BCUT2D eigenvalue weighted by Crippen LogP contribution is 2.30. The van der Waals surface area contributed by atoms with E-state index in [9.17, 15) is 0 Å². The zero-order valence-corrected chi connectivity index (χ0v) is 7.10. The summed E-state index contributed by atoms with van der Waals surface area (Å²) < 4.78 is -0.312. The molecule has 0 nitrogen and oxygen atoms in total. The van der Waals surface area contributed by atoms with Crippen LogP contribution in [0, 0.1) is 6.92 Å². The summed E-state index contributed by atoms with van der Waals surface area (Å²) in [5.74, 6) is 0. The third kappa shape index (κ3) is 31.0. The molecule has 0 aliphatic carbocycles. The van der Waals surface area contributed by atoms with Crippen molar-refractivity contribution >= 4 is 47.8 Å². The first-order valence-electron chi connectivity index (χ1n) is 0.921. The highest BCUT2D eigenvalue weighted by Gasteiger charge is 2.05. The summed E-state index contributed by atoms with van der Waals surface area (Å²) in [7, 11) is 0. The summed E-state index contributed by atoms with van der Waals surface area (Å²) in [5.41, 5.74) is 0. The SMILES string of the molecule is [CH2]C(Br)(Br)Br. The summed E-state index contributed by atoms with van der Waals surface area (Å²) in [6.45, 7) is 3.52. The van der Waals surface area contributed by atoms with Crippen LogP contribution in [0.3, 0.4) is 0 Å². The van der Waals surface area contributed by atoms with E-state index in [0.717, 1.165) is 0 Å². The molecule has 1 radical (unpaired) electrons. The normalized spacial score (nSPS) is 12.0. The van der Waals surface area contributed by atoms with Gasteiger partial charge in [0.2, 0.25) is 0 Å². The number of halogens is 3. The van der Waals surface area contributed by atoms with E-state index in [-0.39, 0.29) is 2.14 Å². The van der Waals surface area contributed by atoms with E-state index in [0.29, 0.717) is 0 Å². The number of hydrogen-bond donors (Lipinski definition) is 0. The largest absolute Gasteiger partial charge is 0.135 e. The van der Waals surface area contributed by atoms with Crippen LogP contribution in [0.1, 0.15) is 0 Å². The number of rotatable bonds is 0. The summed E-state index contributed by atoms with van der Waals surface area (Å²) in [4.78, 5) is 0. The van der Waals surface area contributed by atoms with Crippen LogP contribution in [-0.4, -0.2) is 2.14 Å². The maximum Gasteiger partial charge on any atom is 0.135 e. The van der Waals surface area contributed by atoms with E-state index in [1.807, 2.05) is 0 Å². The molecule has 0 heterocycles. The minimum atomic E-state index is -0.312. The van der Waals surface area contributed by atoms with Crippen LogP contribution in [-0.2, 0) is 0 Å². The lowest BCUT2D eigenvalue weighted by Gasteiger charge is -1.96. The van der Waals surface area contributed by atoms with Crippen molar-refractivity contribution in [3.63, 3.8) is 0 Å². The van der Waals surface area contributed by atoms with Gasteiger partial charge in [0.1, 0.15) is 2.14 Å². The Morgan fingerprint density at radius 3 is 1.20 bits per heavy atom. The predicted molar refractivity (Wildman–Crippen MR) is 34.9 cm³/mol. The fourth-order valence-electron chi connectivity index (χ4n) is 0. The first-order valence-corrected chi connectivity index (χ1v) is 3.30. The highest BCUT2D eigenvalue weighted by atomic mass is 80.0. The molecule has 0 aliphatic heterocycles. The van der Waals surface area contributed by atoms with Crippen LogP contribution in [0.4, 0.5) is 0 Å². The number of alkyl halides is 3. The topological polar surface area (TPSA) is 0 Å². The molecular formula is C2H2Br3. The molecule has 0 spiro atoms. The molecule has 0 aromatic heterocycles. The van der Waals surface area contributed by atoms with Gasteiger partial charge in [-0.15, -0.1) is 0 Å². The zero-order valence-electron chi connectivity index (χ0n) is 2.34. The van der Waals surface area contributed by atoms with Crippen molar-refractivity contribution in [3.05, 3.63) is 6.92 Å². The van der Waals surface area contributed by atoms with E-state index in [4.69, 9.17) is 0 Å². The van der Waals surface area contributed by atoms with Gasteiger partial charge in [-0.3, -0.25) is 0 Å². The van der Waals surface area contributed by atoms with Crippen LogP contribution in [0.25, 0.3) is 0 Å². The smallest absolute Gasteiger partial charge is 0.0599 e. The van der Waals surface area contributed by atoms with Gasteiger partial charge in [0, 0.05) is 0 Å². The lowest BCUT2D eigenvalue weighted by atomic mass is 11.0. The lowest BCUT2D eigenvalue weighted by molar-refractivity contribution is 1.68. The molecule has 31 valence electrons. The molecule has 0 aromatic rings. The fourth-order valence-corrected chi connectivity index (χ4v) is 0. The molecule has 0 aromatic carbocycles. The van der Waals surface area contributed by atoms with Crippen molar-refractivity contribution in [2.24, 2.45) is 0 Å². The quantitative estimate of drug-likeness (QED) is 0.591. The molecule has 0 bridgehead atoms. The van der Waals surface area contributed by atoms with Gasteiger partial charge >= 0.3 is 0 Å². The highest BCUT2D eigenvalue weighted by molar-refractivity contribution is 9.39. The monoisotopic (exact) mass is 263 g/mol. The van der Waals surface area contributed by atoms with Crippen LogP contribution in [0.15, 0.2) is 0 Å². The van der Waals surface area contributed by atoms with E-state index in [1.165, 1.54) is 0 Å². The Labute approximate surface area is 56.7 Å². The molecule has 0 aliphatic rings. The van der Waals surface area contributed by atoms with Crippen LogP contribution in [0.5, 0.6) is 0 Å². The maximum absolute atomic E-state index is 3.52. The van der Waals surface area contributed by atoms with Gasteiger partial charge in [0.15, 0.2) is 0 Å². The standard InChI is InChI=1S/C2H2Br3/c1-2(3,4)5/h1H2. The molecule has 0 saturated carbocycles. The van der Waals surface area contributed by atoms with Gasteiger partial charge < -0.3 is 0 Å². The molecule has 0 unspecified atom stereocenters. The lowest BCUT2D eigenvalue weighted by Crippen LogP contribution is -1.84. The van der Waals surface area contributed by atoms with Crippen molar-refractivity contribution < 1.29 is 0 Å². The minimum Gasteiger partial charge on any atom is -0.0599 e.